The molecule has 2 aromatic carbocycles. The third kappa shape index (κ3) is 3.85. The van der Waals surface area contributed by atoms with E-state index in [9.17, 15) is 0 Å². The van der Waals surface area contributed by atoms with Gasteiger partial charge in [0.2, 0.25) is 0 Å². The van der Waals surface area contributed by atoms with Crippen LogP contribution in [0.15, 0.2) is 53.5 Å². The lowest BCUT2D eigenvalue weighted by atomic mass is 9.86. The lowest BCUT2D eigenvalue weighted by Crippen LogP contribution is -2.34. The van der Waals surface area contributed by atoms with Gasteiger partial charge >= 0.3 is 0 Å². The molecule has 0 spiro atoms. The number of hydrogen-bond acceptors (Lipinski definition) is 4. The fraction of sp³-hybridized carbons (Fsp3) is 0.381. The molecule has 0 unspecified atom stereocenters. The number of benzene rings is 2. The Labute approximate surface area is 149 Å². The molecule has 1 aliphatic heterocycles. The fourth-order valence-corrected chi connectivity index (χ4v) is 3.30. The van der Waals surface area contributed by atoms with Crippen LogP contribution in [-0.2, 0) is 6.42 Å². The third-order valence-corrected chi connectivity index (χ3v) is 5.13. The number of nitrogens with two attached hydrogens (primary N) is 1. The van der Waals surface area contributed by atoms with Gasteiger partial charge in [0.15, 0.2) is 0 Å². The summed E-state index contributed by atoms with van der Waals surface area (Å²) in [4.78, 5) is 4.45. The molecule has 0 saturated heterocycles. The van der Waals surface area contributed by atoms with Crippen molar-refractivity contribution in [2.75, 3.05) is 19.7 Å². The molecule has 0 amide bonds. The van der Waals surface area contributed by atoms with Crippen LogP contribution in [0.1, 0.15) is 36.0 Å². The summed E-state index contributed by atoms with van der Waals surface area (Å²) < 4.78 is 5.87. The summed E-state index contributed by atoms with van der Waals surface area (Å²) in [7, 11) is 0. The van der Waals surface area contributed by atoms with Crippen molar-refractivity contribution in [3.8, 4) is 5.75 Å². The second-order valence-electron chi connectivity index (χ2n) is 7.02. The van der Waals surface area contributed by atoms with Crippen molar-refractivity contribution in [1.82, 2.24) is 5.01 Å². The Morgan fingerprint density at radius 2 is 1.68 bits per heavy atom. The van der Waals surface area contributed by atoms with Gasteiger partial charge in [-0.3, -0.25) is 10.0 Å². The van der Waals surface area contributed by atoms with Crippen molar-refractivity contribution >= 4 is 5.84 Å². The summed E-state index contributed by atoms with van der Waals surface area (Å²) in [5.74, 6) is 8.57. The van der Waals surface area contributed by atoms with Crippen LogP contribution in [-0.4, -0.2) is 30.5 Å². The molecule has 1 aliphatic carbocycles. The molecule has 1 heterocycles. The minimum absolute atomic E-state index is 0.770. The van der Waals surface area contributed by atoms with Crippen LogP contribution in [0.4, 0.5) is 0 Å². The van der Waals surface area contributed by atoms with Gasteiger partial charge in [0.25, 0.3) is 0 Å². The summed E-state index contributed by atoms with van der Waals surface area (Å²) in [6.45, 7) is 2.44. The SMILES string of the molecule is NN1CCN=C1c1ccc(Cc2ccc(OCC3CCC3)cc2)cc1. The average Bonchev–Trinajstić information content (AvgIpc) is 3.02. The van der Waals surface area contributed by atoms with Crippen molar-refractivity contribution in [1.29, 1.82) is 0 Å². The molecule has 4 nitrogen and oxygen atoms in total. The first-order chi connectivity index (χ1) is 12.3. The van der Waals surface area contributed by atoms with E-state index in [1.54, 1.807) is 5.01 Å². The van der Waals surface area contributed by atoms with Gasteiger partial charge in [0.1, 0.15) is 11.6 Å². The van der Waals surface area contributed by atoms with E-state index in [1.165, 1.54) is 30.4 Å². The van der Waals surface area contributed by atoms with E-state index in [-0.39, 0.29) is 0 Å². The standard InChI is InChI=1S/C21H25N3O/c22-24-13-12-23-21(24)19-8-4-16(5-9-19)14-17-6-10-20(11-7-17)25-15-18-2-1-3-18/h4-11,18H,1-3,12-15,22H2. The molecule has 2 aliphatic rings. The molecule has 1 saturated carbocycles. The smallest absolute Gasteiger partial charge is 0.145 e. The van der Waals surface area contributed by atoms with Crippen molar-refractivity contribution in [2.24, 2.45) is 16.8 Å². The molecule has 0 bridgehead atoms. The third-order valence-electron chi connectivity index (χ3n) is 5.13. The molecule has 0 aromatic heterocycles. The molecular formula is C21H25N3O. The van der Waals surface area contributed by atoms with E-state index >= 15 is 0 Å². The van der Waals surface area contributed by atoms with E-state index in [4.69, 9.17) is 10.6 Å². The predicted molar refractivity (Wildman–Crippen MR) is 101 cm³/mol. The van der Waals surface area contributed by atoms with Crippen LogP contribution in [0.3, 0.4) is 0 Å². The van der Waals surface area contributed by atoms with Gasteiger partial charge < -0.3 is 4.74 Å². The van der Waals surface area contributed by atoms with E-state index < -0.39 is 0 Å². The summed E-state index contributed by atoms with van der Waals surface area (Å²) in [6.07, 6.45) is 4.93. The number of hydrazine groups is 1. The number of nitrogens with zero attached hydrogens (tertiary/aromatic N) is 2. The van der Waals surface area contributed by atoms with Crippen LogP contribution < -0.4 is 10.6 Å². The summed E-state index contributed by atoms with van der Waals surface area (Å²) in [6, 6.07) is 17.0. The van der Waals surface area contributed by atoms with Crippen LogP contribution in [0.25, 0.3) is 0 Å². The minimum Gasteiger partial charge on any atom is -0.493 e. The molecule has 1 fully saturated rings. The average molecular weight is 335 g/mol. The van der Waals surface area contributed by atoms with E-state index in [1.807, 2.05) is 0 Å². The summed E-state index contributed by atoms with van der Waals surface area (Å²) in [5, 5.41) is 1.72. The van der Waals surface area contributed by atoms with E-state index in [0.717, 1.165) is 49.2 Å². The number of hydrogen-bond donors (Lipinski definition) is 1. The second kappa shape index (κ2) is 7.28. The molecule has 2 N–H and O–H groups in total. The fourth-order valence-electron chi connectivity index (χ4n) is 3.30. The summed E-state index contributed by atoms with van der Waals surface area (Å²) in [5.41, 5.74) is 3.67. The topological polar surface area (TPSA) is 50.8 Å². The predicted octanol–water partition coefficient (Wildman–Crippen LogP) is 3.39. The second-order valence-corrected chi connectivity index (χ2v) is 7.02. The van der Waals surface area contributed by atoms with E-state index in [0.29, 0.717) is 0 Å². The number of rotatable bonds is 6. The number of ether oxygens (including phenoxy) is 1. The monoisotopic (exact) mass is 335 g/mol. The van der Waals surface area contributed by atoms with Crippen LogP contribution in [0.5, 0.6) is 5.75 Å². The van der Waals surface area contributed by atoms with E-state index in [2.05, 4.69) is 53.5 Å². The summed E-state index contributed by atoms with van der Waals surface area (Å²) >= 11 is 0. The molecule has 2 aromatic rings. The first-order valence-corrected chi connectivity index (χ1v) is 9.16. The van der Waals surface area contributed by atoms with Crippen LogP contribution in [0, 0.1) is 5.92 Å². The first kappa shape index (κ1) is 16.2. The van der Waals surface area contributed by atoms with Crippen molar-refractivity contribution < 1.29 is 4.74 Å². The van der Waals surface area contributed by atoms with Gasteiger partial charge in [0.05, 0.1) is 19.7 Å². The van der Waals surface area contributed by atoms with Crippen LogP contribution in [0.2, 0.25) is 0 Å². The quantitative estimate of drug-likeness (QED) is 0.823. The van der Waals surface area contributed by atoms with Crippen LogP contribution >= 0.6 is 0 Å². The van der Waals surface area contributed by atoms with Gasteiger partial charge in [-0.2, -0.15) is 0 Å². The maximum atomic E-state index is 5.93. The van der Waals surface area contributed by atoms with Gasteiger partial charge in [-0.15, -0.1) is 0 Å². The van der Waals surface area contributed by atoms with Gasteiger partial charge in [-0.1, -0.05) is 42.8 Å². The molecular weight excluding hydrogens is 310 g/mol. The normalized spacial score (nSPS) is 17.3. The zero-order valence-electron chi connectivity index (χ0n) is 14.5. The first-order valence-electron chi connectivity index (χ1n) is 9.16. The van der Waals surface area contributed by atoms with Crippen molar-refractivity contribution in [2.45, 2.75) is 25.7 Å². The number of amidine groups is 1. The van der Waals surface area contributed by atoms with Gasteiger partial charge in [-0.05, 0) is 48.4 Å². The zero-order chi connectivity index (χ0) is 17.1. The molecule has 0 radical (unpaired) electrons. The maximum Gasteiger partial charge on any atom is 0.145 e. The maximum absolute atomic E-state index is 5.93. The molecule has 25 heavy (non-hydrogen) atoms. The number of aliphatic imine (C=N–C) groups is 1. The Balaban J connectivity index is 1.35. The Morgan fingerprint density at radius 3 is 2.24 bits per heavy atom. The largest absolute Gasteiger partial charge is 0.493 e. The molecule has 0 atom stereocenters. The Hall–Kier alpha value is -2.33. The molecule has 130 valence electrons. The van der Waals surface area contributed by atoms with Crippen molar-refractivity contribution in [3.63, 3.8) is 0 Å². The Morgan fingerprint density at radius 1 is 1.00 bits per heavy atom. The minimum atomic E-state index is 0.770. The van der Waals surface area contributed by atoms with Gasteiger partial charge in [-0.25, -0.2) is 5.84 Å². The Bertz CT molecular complexity index is 733. The van der Waals surface area contributed by atoms with Gasteiger partial charge in [0, 0.05) is 5.56 Å². The highest BCUT2D eigenvalue weighted by molar-refractivity contribution is 5.99. The molecule has 4 heteroatoms. The lowest BCUT2D eigenvalue weighted by molar-refractivity contribution is 0.180. The zero-order valence-corrected chi connectivity index (χ0v) is 14.5. The highest BCUT2D eigenvalue weighted by Crippen LogP contribution is 2.27. The Kier molecular flexibility index (Phi) is 4.70. The highest BCUT2D eigenvalue weighted by Gasteiger charge is 2.18. The lowest BCUT2D eigenvalue weighted by Gasteiger charge is -2.25. The highest BCUT2D eigenvalue weighted by atomic mass is 16.5. The molecule has 4 rings (SSSR count). The van der Waals surface area contributed by atoms with Crippen molar-refractivity contribution in [3.05, 3.63) is 65.2 Å².